The molecule has 0 unspecified atom stereocenters. The van der Waals surface area contributed by atoms with Gasteiger partial charge in [0.2, 0.25) is 0 Å². The minimum Gasteiger partial charge on any atom is -0.369 e. The van der Waals surface area contributed by atoms with Gasteiger partial charge in [-0.15, -0.1) is 0 Å². The monoisotopic (exact) mass is 274 g/mol. The van der Waals surface area contributed by atoms with Crippen LogP contribution in [0.25, 0.3) is 10.9 Å². The first-order valence-electron chi connectivity index (χ1n) is 6.79. The Morgan fingerprint density at radius 2 is 1.90 bits per heavy atom. The van der Waals surface area contributed by atoms with E-state index in [0.717, 1.165) is 23.9 Å². The molecule has 0 atom stereocenters. The van der Waals surface area contributed by atoms with Gasteiger partial charge in [-0.2, -0.15) is 5.26 Å². The van der Waals surface area contributed by atoms with Gasteiger partial charge >= 0.3 is 0 Å². The van der Waals surface area contributed by atoms with Crippen molar-refractivity contribution >= 4 is 16.7 Å². The summed E-state index contributed by atoms with van der Waals surface area (Å²) in [7, 11) is 0. The zero-order valence-corrected chi connectivity index (χ0v) is 11.5. The van der Waals surface area contributed by atoms with Gasteiger partial charge in [0.05, 0.1) is 11.1 Å². The molecule has 0 fully saturated rings. The van der Waals surface area contributed by atoms with Crippen molar-refractivity contribution in [2.75, 3.05) is 11.9 Å². The van der Waals surface area contributed by atoms with E-state index >= 15 is 0 Å². The molecule has 0 aliphatic carbocycles. The predicted molar refractivity (Wildman–Crippen MR) is 82.9 cm³/mol. The Balaban J connectivity index is 1.78. The second-order valence-corrected chi connectivity index (χ2v) is 4.72. The normalized spacial score (nSPS) is 10.2. The Morgan fingerprint density at radius 1 is 1.10 bits per heavy atom. The second kappa shape index (κ2) is 6.02. The lowest BCUT2D eigenvalue weighted by molar-refractivity contribution is 1.00. The average Bonchev–Trinajstić information content (AvgIpc) is 2.55. The van der Waals surface area contributed by atoms with E-state index in [9.17, 15) is 5.26 Å². The molecule has 0 radical (unpaired) electrons. The number of para-hydroxylation sites is 1. The van der Waals surface area contributed by atoms with Gasteiger partial charge in [-0.1, -0.05) is 18.2 Å². The molecule has 0 bridgehead atoms. The van der Waals surface area contributed by atoms with Crippen LogP contribution in [0.4, 0.5) is 5.82 Å². The third-order valence-corrected chi connectivity index (χ3v) is 3.30. The van der Waals surface area contributed by atoms with Crippen molar-refractivity contribution in [3.63, 3.8) is 0 Å². The van der Waals surface area contributed by atoms with Crippen LogP contribution < -0.4 is 5.32 Å². The molecule has 0 aliphatic rings. The number of benzene rings is 1. The van der Waals surface area contributed by atoms with Crippen molar-refractivity contribution in [3.05, 3.63) is 66.0 Å². The molecule has 102 valence electrons. The van der Waals surface area contributed by atoms with Gasteiger partial charge in [0.15, 0.2) is 0 Å². The highest BCUT2D eigenvalue weighted by Crippen LogP contribution is 2.19. The number of anilines is 1. The van der Waals surface area contributed by atoms with Crippen LogP contribution in [0.3, 0.4) is 0 Å². The highest BCUT2D eigenvalue weighted by molar-refractivity contribution is 5.82. The highest BCUT2D eigenvalue weighted by Gasteiger charge is 2.05. The number of pyridine rings is 2. The minimum absolute atomic E-state index is 0.573. The number of aromatic nitrogens is 2. The molecule has 1 aromatic carbocycles. The zero-order chi connectivity index (χ0) is 14.5. The first-order chi connectivity index (χ1) is 10.4. The molecule has 3 aromatic rings. The van der Waals surface area contributed by atoms with E-state index in [4.69, 9.17) is 0 Å². The van der Waals surface area contributed by atoms with Crippen molar-refractivity contribution in [2.45, 2.75) is 6.42 Å². The number of nitrogens with one attached hydrogen (secondary N) is 1. The third kappa shape index (κ3) is 2.98. The van der Waals surface area contributed by atoms with Crippen molar-refractivity contribution in [3.8, 4) is 6.07 Å². The Labute approximate surface area is 123 Å². The van der Waals surface area contributed by atoms with E-state index in [2.05, 4.69) is 21.4 Å². The standard InChI is InChI=1S/C17H14N4/c18-12-15-11-14-3-1-2-4-16(14)21-17(15)20-10-7-13-5-8-19-9-6-13/h1-6,8-9,11H,7,10H2,(H,20,21). The molecule has 0 aliphatic heterocycles. The predicted octanol–water partition coefficient (Wildman–Crippen LogP) is 3.16. The lowest BCUT2D eigenvalue weighted by atomic mass is 10.1. The van der Waals surface area contributed by atoms with E-state index in [1.54, 1.807) is 12.4 Å². The number of hydrogen-bond donors (Lipinski definition) is 1. The SMILES string of the molecule is N#Cc1cc2ccccc2nc1NCCc1ccncc1. The summed E-state index contributed by atoms with van der Waals surface area (Å²) in [6, 6.07) is 15.9. The first kappa shape index (κ1) is 13.1. The molecule has 0 amide bonds. The first-order valence-corrected chi connectivity index (χ1v) is 6.79. The quantitative estimate of drug-likeness (QED) is 0.793. The summed E-state index contributed by atoms with van der Waals surface area (Å²) < 4.78 is 0. The van der Waals surface area contributed by atoms with Crippen LogP contribution in [0.1, 0.15) is 11.1 Å². The maximum absolute atomic E-state index is 9.26. The number of hydrogen-bond acceptors (Lipinski definition) is 4. The molecule has 0 spiro atoms. The van der Waals surface area contributed by atoms with Gasteiger partial charge in [0.1, 0.15) is 11.9 Å². The van der Waals surface area contributed by atoms with Crippen LogP contribution in [0.15, 0.2) is 54.9 Å². The van der Waals surface area contributed by atoms with Gasteiger partial charge in [-0.05, 0) is 36.2 Å². The Hall–Kier alpha value is -2.93. The molecule has 3 rings (SSSR count). The molecule has 2 aromatic heterocycles. The van der Waals surface area contributed by atoms with Crippen LogP contribution in [-0.2, 0) is 6.42 Å². The number of fused-ring (bicyclic) bond motifs is 1. The maximum Gasteiger partial charge on any atom is 0.144 e. The summed E-state index contributed by atoms with van der Waals surface area (Å²) >= 11 is 0. The molecule has 4 nitrogen and oxygen atoms in total. The van der Waals surface area contributed by atoms with Crippen LogP contribution >= 0.6 is 0 Å². The highest BCUT2D eigenvalue weighted by atomic mass is 15.0. The van der Waals surface area contributed by atoms with Crippen molar-refractivity contribution in [1.82, 2.24) is 9.97 Å². The van der Waals surface area contributed by atoms with Crippen molar-refractivity contribution in [2.24, 2.45) is 0 Å². The number of rotatable bonds is 4. The lowest BCUT2D eigenvalue weighted by Crippen LogP contribution is -2.08. The van der Waals surface area contributed by atoms with Gasteiger partial charge in [0, 0.05) is 24.3 Å². The van der Waals surface area contributed by atoms with Crippen LogP contribution in [0.2, 0.25) is 0 Å². The van der Waals surface area contributed by atoms with E-state index in [1.165, 1.54) is 5.56 Å². The molecule has 1 N–H and O–H groups in total. The van der Waals surface area contributed by atoms with Gasteiger partial charge in [0.25, 0.3) is 0 Å². The Morgan fingerprint density at radius 3 is 2.71 bits per heavy atom. The van der Waals surface area contributed by atoms with E-state index in [-0.39, 0.29) is 0 Å². The number of nitriles is 1. The topological polar surface area (TPSA) is 61.6 Å². The summed E-state index contributed by atoms with van der Waals surface area (Å²) in [4.78, 5) is 8.53. The van der Waals surface area contributed by atoms with Gasteiger partial charge in [-0.3, -0.25) is 4.98 Å². The molecule has 2 heterocycles. The van der Waals surface area contributed by atoms with Crippen LogP contribution in [0, 0.1) is 11.3 Å². The minimum atomic E-state index is 0.573. The fourth-order valence-electron chi connectivity index (χ4n) is 2.21. The number of nitrogens with zero attached hydrogens (tertiary/aromatic N) is 3. The smallest absolute Gasteiger partial charge is 0.144 e. The fraction of sp³-hybridized carbons (Fsp3) is 0.118. The summed E-state index contributed by atoms with van der Waals surface area (Å²) in [5.41, 5.74) is 2.67. The van der Waals surface area contributed by atoms with Crippen molar-refractivity contribution in [1.29, 1.82) is 5.26 Å². The lowest BCUT2D eigenvalue weighted by Gasteiger charge is -2.08. The van der Waals surface area contributed by atoms with Gasteiger partial charge < -0.3 is 5.32 Å². The summed E-state index contributed by atoms with van der Waals surface area (Å²) in [5, 5.41) is 13.5. The fourth-order valence-corrected chi connectivity index (χ4v) is 2.21. The molecule has 21 heavy (non-hydrogen) atoms. The summed E-state index contributed by atoms with van der Waals surface area (Å²) in [6.07, 6.45) is 4.43. The Bertz CT molecular complexity index is 791. The van der Waals surface area contributed by atoms with E-state index in [0.29, 0.717) is 11.4 Å². The Kier molecular flexibility index (Phi) is 3.74. The van der Waals surface area contributed by atoms with Crippen LogP contribution in [0.5, 0.6) is 0 Å². The maximum atomic E-state index is 9.26. The third-order valence-electron chi connectivity index (χ3n) is 3.30. The van der Waals surface area contributed by atoms with E-state index in [1.807, 2.05) is 42.5 Å². The summed E-state index contributed by atoms with van der Waals surface area (Å²) in [5.74, 6) is 0.644. The van der Waals surface area contributed by atoms with Crippen molar-refractivity contribution < 1.29 is 0 Å². The molecule has 4 heteroatoms. The molecular formula is C17H14N4. The van der Waals surface area contributed by atoms with Crippen LogP contribution in [-0.4, -0.2) is 16.5 Å². The molecule has 0 saturated heterocycles. The molecular weight excluding hydrogens is 260 g/mol. The largest absolute Gasteiger partial charge is 0.369 e. The summed E-state index contributed by atoms with van der Waals surface area (Å²) in [6.45, 7) is 0.726. The van der Waals surface area contributed by atoms with Gasteiger partial charge in [-0.25, -0.2) is 4.98 Å². The average molecular weight is 274 g/mol. The second-order valence-electron chi connectivity index (χ2n) is 4.72. The molecule has 0 saturated carbocycles. The van der Waals surface area contributed by atoms with E-state index < -0.39 is 0 Å². The zero-order valence-electron chi connectivity index (χ0n) is 11.5.